The summed E-state index contributed by atoms with van der Waals surface area (Å²) in [6.45, 7) is 5.05. The van der Waals surface area contributed by atoms with Gasteiger partial charge in [0.15, 0.2) is 0 Å². The van der Waals surface area contributed by atoms with Gasteiger partial charge in [-0.3, -0.25) is 0 Å². The summed E-state index contributed by atoms with van der Waals surface area (Å²) in [4.78, 5) is 4.32. The van der Waals surface area contributed by atoms with Crippen LogP contribution in [0, 0.1) is 5.92 Å². The Morgan fingerprint density at radius 3 is 3.00 bits per heavy atom. The fourth-order valence-electron chi connectivity index (χ4n) is 0.977. The van der Waals surface area contributed by atoms with E-state index in [-0.39, 0.29) is 12.5 Å². The topological polar surface area (TPSA) is 58.0 Å². The third kappa shape index (κ3) is 3.59. The lowest BCUT2D eigenvalue weighted by Gasteiger charge is -2.06. The summed E-state index contributed by atoms with van der Waals surface area (Å²) in [6, 6.07) is 0. The molecule has 0 fully saturated rings. The van der Waals surface area contributed by atoms with Crippen molar-refractivity contribution < 1.29 is 5.11 Å². The summed E-state index contributed by atoms with van der Waals surface area (Å²) >= 11 is 1.39. The zero-order chi connectivity index (χ0) is 10.4. The zero-order valence-corrected chi connectivity index (χ0v) is 9.47. The number of anilines is 1. The van der Waals surface area contributed by atoms with Gasteiger partial charge >= 0.3 is 0 Å². The first kappa shape index (κ1) is 11.4. The van der Waals surface area contributed by atoms with Crippen molar-refractivity contribution in [3.05, 3.63) is 5.82 Å². The maximum Gasteiger partial charge on any atom is 0.202 e. The number of hydrogen-bond donors (Lipinski definition) is 2. The van der Waals surface area contributed by atoms with Gasteiger partial charge in [0.1, 0.15) is 5.82 Å². The van der Waals surface area contributed by atoms with Crippen molar-refractivity contribution in [1.29, 1.82) is 0 Å². The second-order valence-corrected chi connectivity index (χ2v) is 4.19. The van der Waals surface area contributed by atoms with E-state index in [0.29, 0.717) is 0 Å². The maximum atomic E-state index is 8.83. The Morgan fingerprint density at radius 1 is 1.57 bits per heavy atom. The summed E-state index contributed by atoms with van der Waals surface area (Å²) in [5, 5.41) is 12.8. The highest BCUT2D eigenvalue weighted by Gasteiger charge is 2.04. The van der Waals surface area contributed by atoms with Gasteiger partial charge in [-0.25, -0.2) is 4.98 Å². The molecule has 80 valence electrons. The van der Waals surface area contributed by atoms with Crippen LogP contribution >= 0.6 is 11.5 Å². The lowest BCUT2D eigenvalue weighted by Crippen LogP contribution is -2.14. The van der Waals surface area contributed by atoms with Crippen LogP contribution in [0.5, 0.6) is 0 Å². The van der Waals surface area contributed by atoms with Crippen LogP contribution < -0.4 is 5.32 Å². The quantitative estimate of drug-likeness (QED) is 0.755. The molecule has 1 aromatic heterocycles. The van der Waals surface area contributed by atoms with Crippen molar-refractivity contribution in [3.63, 3.8) is 0 Å². The molecule has 1 atom stereocenters. The largest absolute Gasteiger partial charge is 0.396 e. The van der Waals surface area contributed by atoms with Crippen molar-refractivity contribution in [2.45, 2.75) is 26.7 Å². The van der Waals surface area contributed by atoms with Crippen molar-refractivity contribution in [1.82, 2.24) is 9.36 Å². The molecular formula is C9H17N3OS. The van der Waals surface area contributed by atoms with Crippen LogP contribution in [0.3, 0.4) is 0 Å². The molecule has 1 aromatic rings. The van der Waals surface area contributed by atoms with Crippen molar-refractivity contribution in [2.75, 3.05) is 18.5 Å². The van der Waals surface area contributed by atoms with Crippen LogP contribution in [-0.4, -0.2) is 27.6 Å². The van der Waals surface area contributed by atoms with Crippen LogP contribution in [0.2, 0.25) is 0 Å². The minimum absolute atomic E-state index is 0.202. The zero-order valence-electron chi connectivity index (χ0n) is 8.66. The molecule has 0 saturated carbocycles. The number of hydrogen-bond acceptors (Lipinski definition) is 5. The standard InChI is InChI=1S/C9H17N3OS/c1-3-4-8-11-9(14-12-8)10-5-7(2)6-13/h7,13H,3-6H2,1-2H3,(H,10,11,12). The van der Waals surface area contributed by atoms with Crippen molar-refractivity contribution in [2.24, 2.45) is 5.92 Å². The van der Waals surface area contributed by atoms with E-state index in [9.17, 15) is 0 Å². The van der Waals surface area contributed by atoms with Gasteiger partial charge in [-0.1, -0.05) is 13.8 Å². The number of aliphatic hydroxyl groups excluding tert-OH is 1. The smallest absolute Gasteiger partial charge is 0.202 e. The lowest BCUT2D eigenvalue weighted by molar-refractivity contribution is 0.244. The van der Waals surface area contributed by atoms with Crippen LogP contribution in [0.1, 0.15) is 26.1 Å². The summed E-state index contributed by atoms with van der Waals surface area (Å²) in [6.07, 6.45) is 2.01. The van der Waals surface area contributed by atoms with Gasteiger partial charge in [-0.2, -0.15) is 4.37 Å². The number of aliphatic hydroxyl groups is 1. The van der Waals surface area contributed by atoms with E-state index in [1.807, 2.05) is 6.92 Å². The molecule has 0 aliphatic rings. The Balaban J connectivity index is 2.35. The maximum absolute atomic E-state index is 8.83. The van der Waals surface area contributed by atoms with E-state index in [1.165, 1.54) is 11.5 Å². The molecule has 5 heteroatoms. The first-order chi connectivity index (χ1) is 6.76. The minimum atomic E-state index is 0.202. The molecule has 0 bridgehead atoms. The molecule has 1 rings (SSSR count). The predicted molar refractivity (Wildman–Crippen MR) is 58.6 cm³/mol. The third-order valence-electron chi connectivity index (χ3n) is 1.86. The summed E-state index contributed by atoms with van der Waals surface area (Å²) in [7, 11) is 0. The normalized spacial score (nSPS) is 12.8. The van der Waals surface area contributed by atoms with E-state index < -0.39 is 0 Å². The van der Waals surface area contributed by atoms with Crippen LogP contribution in [0.25, 0.3) is 0 Å². The van der Waals surface area contributed by atoms with Gasteiger partial charge in [0.2, 0.25) is 5.13 Å². The molecule has 0 aliphatic carbocycles. The van der Waals surface area contributed by atoms with Crippen molar-refractivity contribution >= 4 is 16.7 Å². The van der Waals surface area contributed by atoms with Gasteiger partial charge in [0.05, 0.1) is 0 Å². The van der Waals surface area contributed by atoms with Crippen LogP contribution in [0.15, 0.2) is 0 Å². The molecule has 1 unspecified atom stereocenters. The van der Waals surface area contributed by atoms with Crippen LogP contribution in [0.4, 0.5) is 5.13 Å². The summed E-state index contributed by atoms with van der Waals surface area (Å²) in [5.41, 5.74) is 0. The molecular weight excluding hydrogens is 198 g/mol. The van der Waals surface area contributed by atoms with Gasteiger partial charge in [-0.05, 0) is 12.3 Å². The summed E-state index contributed by atoms with van der Waals surface area (Å²) in [5.74, 6) is 1.17. The first-order valence-corrected chi connectivity index (χ1v) is 5.71. The lowest BCUT2D eigenvalue weighted by atomic mass is 10.2. The molecule has 2 N–H and O–H groups in total. The Bertz CT molecular complexity index is 264. The monoisotopic (exact) mass is 215 g/mol. The molecule has 0 radical (unpaired) electrons. The number of aryl methyl sites for hydroxylation is 1. The molecule has 0 aromatic carbocycles. The van der Waals surface area contributed by atoms with E-state index in [1.54, 1.807) is 0 Å². The first-order valence-electron chi connectivity index (χ1n) is 4.93. The van der Waals surface area contributed by atoms with Gasteiger partial charge in [0.25, 0.3) is 0 Å². The second kappa shape index (κ2) is 5.93. The Kier molecular flexibility index (Phi) is 4.82. The van der Waals surface area contributed by atoms with Crippen LogP contribution in [-0.2, 0) is 6.42 Å². The van der Waals surface area contributed by atoms with Gasteiger partial charge in [-0.15, -0.1) is 0 Å². The molecule has 0 saturated heterocycles. The second-order valence-electron chi connectivity index (χ2n) is 3.43. The van der Waals surface area contributed by atoms with E-state index in [0.717, 1.165) is 30.3 Å². The van der Waals surface area contributed by atoms with E-state index in [4.69, 9.17) is 5.11 Å². The highest BCUT2D eigenvalue weighted by Crippen LogP contribution is 2.12. The highest BCUT2D eigenvalue weighted by molar-refractivity contribution is 7.09. The fraction of sp³-hybridized carbons (Fsp3) is 0.778. The fourth-order valence-corrected chi connectivity index (χ4v) is 1.60. The molecule has 0 spiro atoms. The average molecular weight is 215 g/mol. The molecule has 0 amide bonds. The SMILES string of the molecule is CCCc1nsc(NCC(C)CO)n1. The third-order valence-corrected chi connectivity index (χ3v) is 2.57. The van der Waals surface area contributed by atoms with Gasteiger partial charge in [0, 0.05) is 31.1 Å². The minimum Gasteiger partial charge on any atom is -0.396 e. The average Bonchev–Trinajstić information content (AvgIpc) is 2.63. The number of nitrogens with one attached hydrogen (secondary N) is 1. The van der Waals surface area contributed by atoms with E-state index >= 15 is 0 Å². The van der Waals surface area contributed by atoms with E-state index in [2.05, 4.69) is 21.6 Å². The Morgan fingerprint density at radius 2 is 2.36 bits per heavy atom. The van der Waals surface area contributed by atoms with Gasteiger partial charge < -0.3 is 10.4 Å². The molecule has 0 aliphatic heterocycles. The number of aromatic nitrogens is 2. The molecule has 14 heavy (non-hydrogen) atoms. The molecule has 4 nitrogen and oxygen atoms in total. The molecule has 1 heterocycles. The Hall–Kier alpha value is -0.680. The number of rotatable bonds is 6. The number of nitrogens with zero attached hydrogens (tertiary/aromatic N) is 2. The predicted octanol–water partition coefficient (Wildman–Crippen LogP) is 1.53. The highest BCUT2D eigenvalue weighted by atomic mass is 32.1. The van der Waals surface area contributed by atoms with Crippen molar-refractivity contribution in [3.8, 4) is 0 Å². The summed E-state index contributed by atoms with van der Waals surface area (Å²) < 4.78 is 4.22. The Labute approximate surface area is 88.6 Å².